The van der Waals surface area contributed by atoms with E-state index in [1.54, 1.807) is 16.8 Å². The number of hydrogen-bond donors (Lipinski definition) is 0. The van der Waals surface area contributed by atoms with Crippen LogP contribution < -0.4 is 5.30 Å². The monoisotopic (exact) mass is 636 g/mol. The lowest BCUT2D eigenvalue weighted by Gasteiger charge is -2.34. The van der Waals surface area contributed by atoms with Gasteiger partial charge in [-0.1, -0.05) is 31.9 Å². The van der Waals surface area contributed by atoms with Crippen LogP contribution in [0.5, 0.6) is 0 Å². The highest BCUT2D eigenvalue weighted by Crippen LogP contribution is 2.57. The number of aryl methyl sites for hydroxylation is 1. The fourth-order valence-electron chi connectivity index (χ4n) is 4.20. The van der Waals surface area contributed by atoms with Crippen molar-refractivity contribution in [2.75, 3.05) is 19.7 Å². The first kappa shape index (κ1) is 24.8. The Bertz CT molecular complexity index is 1340. The average Bonchev–Trinajstić information content (AvgIpc) is 3.49. The van der Waals surface area contributed by atoms with Crippen LogP contribution in [-0.2, 0) is 27.6 Å². The molecule has 2 aliphatic rings. The van der Waals surface area contributed by atoms with Crippen LogP contribution in [-0.4, -0.2) is 46.0 Å². The number of hydrogen-bond acceptors (Lipinski definition) is 6. The molecule has 7 nitrogen and oxygen atoms in total. The lowest BCUT2D eigenvalue weighted by atomic mass is 10.2. The summed E-state index contributed by atoms with van der Waals surface area (Å²) in [6, 6.07) is 14.9. The van der Waals surface area contributed by atoms with Gasteiger partial charge in [0.1, 0.15) is 11.9 Å². The number of esters is 1. The van der Waals surface area contributed by atoms with Gasteiger partial charge < -0.3 is 9.26 Å². The Kier molecular flexibility index (Phi) is 7.28. The summed E-state index contributed by atoms with van der Waals surface area (Å²) in [6.45, 7) is 4.28. The molecule has 182 valence electrons. The quantitative estimate of drug-likeness (QED) is 0.255. The number of aromatic nitrogens is 2. The molecule has 2 aliphatic heterocycles. The number of nitrogens with zero attached hydrogens (tertiary/aromatic N) is 4. The van der Waals surface area contributed by atoms with Crippen molar-refractivity contribution in [3.05, 3.63) is 74.3 Å². The van der Waals surface area contributed by atoms with Crippen molar-refractivity contribution in [3.63, 3.8) is 0 Å². The van der Waals surface area contributed by atoms with E-state index < -0.39 is 6.42 Å². The van der Waals surface area contributed by atoms with Crippen molar-refractivity contribution < 1.29 is 14.1 Å². The molecule has 0 spiro atoms. The third-order valence-electron chi connectivity index (χ3n) is 5.93. The Balaban J connectivity index is 1.45. The molecule has 0 amide bonds. The molecule has 11 heteroatoms. The lowest BCUT2D eigenvalue weighted by Crippen LogP contribution is -2.30. The van der Waals surface area contributed by atoms with E-state index in [0.717, 1.165) is 51.4 Å². The summed E-state index contributed by atoms with van der Waals surface area (Å²) in [7, 11) is 0. The number of benzene rings is 2. The van der Waals surface area contributed by atoms with Crippen molar-refractivity contribution in [2.24, 2.45) is 4.99 Å². The highest BCUT2D eigenvalue weighted by molar-refractivity contribution is 9.10. The van der Waals surface area contributed by atoms with Crippen LogP contribution in [0.1, 0.15) is 34.5 Å². The third-order valence-corrected chi connectivity index (χ3v) is 11.1. The molecule has 35 heavy (non-hydrogen) atoms. The molecule has 2 aromatic carbocycles. The molecule has 1 saturated heterocycles. The third kappa shape index (κ3) is 5.04. The summed E-state index contributed by atoms with van der Waals surface area (Å²) in [5, 5.41) is 5.64. The fraction of sp³-hybridized carbons (Fsp3) is 0.292. The molecule has 3 heterocycles. The van der Waals surface area contributed by atoms with Crippen LogP contribution in [0.4, 0.5) is 5.82 Å². The summed E-state index contributed by atoms with van der Waals surface area (Å²) in [5.74, 6) is 0.828. The standard InChI is InChI=1S/C24H23Br2N4O3PS/c1-16-21-22(30(28-16)14-15-32-24(31)18-6-10-20(26)11-7-18)27-23(17-4-8-19(25)9-5-17)33-34(21,35)29-12-2-3-13-29/h4-11H,2-3,12-15H2,1H3. The van der Waals surface area contributed by atoms with Crippen LogP contribution in [0.2, 0.25) is 0 Å². The van der Waals surface area contributed by atoms with E-state index in [1.807, 2.05) is 43.3 Å². The predicted molar refractivity (Wildman–Crippen MR) is 148 cm³/mol. The van der Waals surface area contributed by atoms with Gasteiger partial charge in [-0.25, -0.2) is 14.1 Å². The van der Waals surface area contributed by atoms with Crippen LogP contribution >= 0.6 is 38.3 Å². The normalized spacial score (nSPS) is 19.7. The highest BCUT2D eigenvalue weighted by atomic mass is 79.9. The van der Waals surface area contributed by atoms with Crippen LogP contribution in [0.25, 0.3) is 0 Å². The van der Waals surface area contributed by atoms with E-state index >= 15 is 0 Å². The van der Waals surface area contributed by atoms with Gasteiger partial charge in [-0.3, -0.25) is 0 Å². The Labute approximate surface area is 225 Å². The Morgan fingerprint density at radius 3 is 2.37 bits per heavy atom. The van der Waals surface area contributed by atoms with Crippen molar-refractivity contribution in [3.8, 4) is 0 Å². The SMILES string of the molecule is Cc1nn(CCOC(=O)c2ccc(Br)cc2)c2c1P(=S)(N1CCCC1)OC(c1ccc(Br)cc1)=N2. The fourth-order valence-corrected chi connectivity index (χ4v) is 8.63. The molecule has 5 rings (SSSR count). The Morgan fingerprint density at radius 2 is 1.71 bits per heavy atom. The molecular weight excluding hydrogens is 615 g/mol. The maximum Gasteiger partial charge on any atom is 0.338 e. The molecule has 1 fully saturated rings. The Hall–Kier alpha value is -1.84. The topological polar surface area (TPSA) is 69.0 Å². The van der Waals surface area contributed by atoms with Gasteiger partial charge in [-0.05, 0) is 80.1 Å². The summed E-state index contributed by atoms with van der Waals surface area (Å²) in [6.07, 6.45) is -0.380. The molecule has 1 unspecified atom stereocenters. The minimum atomic E-state index is -2.58. The average molecular weight is 638 g/mol. The first-order valence-corrected chi connectivity index (χ1v) is 15.5. The largest absolute Gasteiger partial charge is 0.460 e. The smallest absolute Gasteiger partial charge is 0.338 e. The van der Waals surface area contributed by atoms with Gasteiger partial charge >= 0.3 is 5.97 Å². The number of ether oxygens (including phenoxy) is 1. The van der Waals surface area contributed by atoms with Crippen molar-refractivity contribution in [1.82, 2.24) is 14.5 Å². The van der Waals surface area contributed by atoms with Gasteiger partial charge in [0, 0.05) is 27.6 Å². The van der Waals surface area contributed by atoms with E-state index in [1.165, 1.54) is 0 Å². The molecular formula is C24H23Br2N4O3PS. The first-order valence-electron chi connectivity index (χ1n) is 11.3. The highest BCUT2D eigenvalue weighted by Gasteiger charge is 2.42. The zero-order valence-corrected chi connectivity index (χ0v) is 23.9. The van der Waals surface area contributed by atoms with Gasteiger partial charge in [0.25, 0.3) is 0 Å². The molecule has 1 atom stereocenters. The van der Waals surface area contributed by atoms with Crippen molar-refractivity contribution in [1.29, 1.82) is 0 Å². The number of rotatable bonds is 6. The molecule has 3 aromatic rings. The Morgan fingerprint density at radius 1 is 1.09 bits per heavy atom. The number of fused-ring (bicyclic) bond motifs is 1. The summed E-state index contributed by atoms with van der Waals surface area (Å²) < 4.78 is 18.0. The zero-order valence-electron chi connectivity index (χ0n) is 19.0. The van der Waals surface area contributed by atoms with Gasteiger partial charge in [-0.15, -0.1) is 0 Å². The molecule has 0 saturated carbocycles. The minimum Gasteiger partial charge on any atom is -0.460 e. The van der Waals surface area contributed by atoms with Crippen molar-refractivity contribution in [2.45, 2.75) is 26.3 Å². The van der Waals surface area contributed by atoms with Gasteiger partial charge in [-0.2, -0.15) is 10.1 Å². The zero-order chi connectivity index (χ0) is 24.6. The minimum absolute atomic E-state index is 0.166. The second-order valence-electron chi connectivity index (χ2n) is 8.32. The van der Waals surface area contributed by atoms with Crippen LogP contribution in [0.3, 0.4) is 0 Å². The molecule has 0 bridgehead atoms. The van der Waals surface area contributed by atoms with E-state index in [2.05, 4.69) is 36.5 Å². The number of halogens is 2. The number of carbonyl (C=O) groups is 1. The van der Waals surface area contributed by atoms with Gasteiger partial charge in [0.2, 0.25) is 12.3 Å². The molecule has 0 radical (unpaired) electrons. The van der Waals surface area contributed by atoms with Crippen LogP contribution in [0, 0.1) is 6.92 Å². The lowest BCUT2D eigenvalue weighted by molar-refractivity contribution is 0.0488. The summed E-state index contributed by atoms with van der Waals surface area (Å²) in [4.78, 5) is 17.3. The van der Waals surface area contributed by atoms with E-state index in [0.29, 0.717) is 23.8 Å². The molecule has 0 N–H and O–H groups in total. The van der Waals surface area contributed by atoms with E-state index in [-0.39, 0.29) is 12.6 Å². The molecule has 1 aromatic heterocycles. The summed E-state index contributed by atoms with van der Waals surface area (Å²) >= 11 is 13.1. The number of aliphatic imine (C=N–C) groups is 1. The second kappa shape index (κ2) is 10.3. The maximum absolute atomic E-state index is 12.4. The van der Waals surface area contributed by atoms with E-state index in [9.17, 15) is 4.79 Å². The first-order chi connectivity index (χ1) is 16.8. The molecule has 0 aliphatic carbocycles. The van der Waals surface area contributed by atoms with Gasteiger partial charge in [0.05, 0.1) is 17.8 Å². The predicted octanol–water partition coefficient (Wildman–Crippen LogP) is 5.71. The second-order valence-corrected chi connectivity index (χ2v) is 13.9. The summed E-state index contributed by atoms with van der Waals surface area (Å²) in [5.41, 5.74) is 2.17. The number of carbonyl (C=O) groups excluding carboxylic acids is 1. The van der Waals surface area contributed by atoms with Crippen LogP contribution in [0.15, 0.2) is 62.5 Å². The van der Waals surface area contributed by atoms with Gasteiger partial charge in [0.15, 0.2) is 5.82 Å². The van der Waals surface area contributed by atoms with Crippen molar-refractivity contribution >= 4 is 73.1 Å². The maximum atomic E-state index is 12.4. The van der Waals surface area contributed by atoms with E-state index in [4.69, 9.17) is 31.2 Å².